The highest BCUT2D eigenvalue weighted by molar-refractivity contribution is 6.31. The van der Waals surface area contributed by atoms with Crippen LogP contribution >= 0.6 is 11.6 Å². The summed E-state index contributed by atoms with van der Waals surface area (Å²) >= 11 is 6.26. The summed E-state index contributed by atoms with van der Waals surface area (Å²) in [5.74, 6) is 0.865. The molecule has 0 saturated carbocycles. The summed E-state index contributed by atoms with van der Waals surface area (Å²) in [5.41, 5.74) is 1.01. The topological polar surface area (TPSA) is 32.7 Å². The Morgan fingerprint density at radius 2 is 2.06 bits per heavy atom. The molecule has 1 aromatic carbocycles. The zero-order chi connectivity index (χ0) is 13.0. The van der Waals surface area contributed by atoms with Gasteiger partial charge in [0.05, 0.1) is 7.11 Å². The monoisotopic (exact) mass is 257 g/mol. The van der Waals surface area contributed by atoms with Crippen molar-refractivity contribution >= 4 is 11.6 Å². The molecule has 0 aliphatic rings. The van der Waals surface area contributed by atoms with Crippen molar-refractivity contribution in [3.05, 3.63) is 28.8 Å². The van der Waals surface area contributed by atoms with Gasteiger partial charge in [-0.25, -0.2) is 0 Å². The quantitative estimate of drug-likeness (QED) is 0.880. The Morgan fingerprint density at radius 3 is 2.47 bits per heavy atom. The van der Waals surface area contributed by atoms with Crippen LogP contribution in [-0.2, 0) is 0 Å². The number of hydrogen-bond acceptors (Lipinski definition) is 3. The molecule has 2 atom stereocenters. The molecule has 0 heterocycles. The fraction of sp³-hybridized carbons (Fsp3) is 0.538. The van der Waals surface area contributed by atoms with Crippen molar-refractivity contribution in [1.82, 2.24) is 4.90 Å². The van der Waals surface area contributed by atoms with Crippen molar-refractivity contribution in [3.8, 4) is 5.75 Å². The molecule has 0 amide bonds. The number of rotatable bonds is 5. The molecular formula is C13H20ClNO2. The molecule has 1 rings (SSSR count). The molecule has 1 N–H and O–H groups in total. The van der Waals surface area contributed by atoms with E-state index in [1.807, 2.05) is 33.2 Å². The second kappa shape index (κ2) is 6.24. The lowest BCUT2D eigenvalue weighted by Crippen LogP contribution is -2.28. The minimum absolute atomic E-state index is 0.0957. The van der Waals surface area contributed by atoms with Gasteiger partial charge in [0.15, 0.2) is 0 Å². The third-order valence-electron chi connectivity index (χ3n) is 2.91. The Hall–Kier alpha value is -0.770. The van der Waals surface area contributed by atoms with E-state index < -0.39 is 0 Å². The minimum Gasteiger partial charge on any atom is -0.497 e. The highest BCUT2D eigenvalue weighted by Crippen LogP contribution is 2.33. The van der Waals surface area contributed by atoms with Crippen molar-refractivity contribution in [2.24, 2.45) is 5.92 Å². The summed E-state index contributed by atoms with van der Waals surface area (Å²) in [6, 6.07) is 5.75. The number of halogens is 1. The maximum absolute atomic E-state index is 9.31. The average Bonchev–Trinajstić information content (AvgIpc) is 2.30. The molecule has 0 aliphatic heterocycles. The first-order valence-electron chi connectivity index (χ1n) is 5.62. The van der Waals surface area contributed by atoms with Crippen molar-refractivity contribution in [3.63, 3.8) is 0 Å². The molecule has 0 fully saturated rings. The first-order valence-corrected chi connectivity index (χ1v) is 5.99. The van der Waals surface area contributed by atoms with Crippen LogP contribution in [0.4, 0.5) is 0 Å². The lowest BCUT2D eigenvalue weighted by Gasteiger charge is -2.30. The third-order valence-corrected chi connectivity index (χ3v) is 3.24. The van der Waals surface area contributed by atoms with E-state index in [2.05, 4.69) is 4.90 Å². The van der Waals surface area contributed by atoms with Crippen LogP contribution in [0.5, 0.6) is 5.75 Å². The van der Waals surface area contributed by atoms with E-state index >= 15 is 0 Å². The maximum atomic E-state index is 9.31. The SMILES string of the molecule is COc1ccc(C(C(C)CO)N(C)C)c(Cl)c1. The van der Waals surface area contributed by atoms with Crippen LogP contribution in [0.3, 0.4) is 0 Å². The average molecular weight is 258 g/mol. The lowest BCUT2D eigenvalue weighted by molar-refractivity contribution is 0.146. The Bertz CT molecular complexity index is 368. The van der Waals surface area contributed by atoms with Crippen LogP contribution in [0.25, 0.3) is 0 Å². The van der Waals surface area contributed by atoms with Crippen LogP contribution in [0.1, 0.15) is 18.5 Å². The predicted molar refractivity (Wildman–Crippen MR) is 70.7 cm³/mol. The highest BCUT2D eigenvalue weighted by Gasteiger charge is 2.23. The van der Waals surface area contributed by atoms with Gasteiger partial charge in [-0.2, -0.15) is 0 Å². The Labute approximate surface area is 108 Å². The molecule has 0 bridgehead atoms. The Balaban J connectivity index is 3.10. The summed E-state index contributed by atoms with van der Waals surface area (Å²) in [4.78, 5) is 2.06. The summed E-state index contributed by atoms with van der Waals surface area (Å²) in [5, 5.41) is 9.98. The first kappa shape index (κ1) is 14.3. The summed E-state index contributed by atoms with van der Waals surface area (Å²) in [6.45, 7) is 2.14. The fourth-order valence-electron chi connectivity index (χ4n) is 2.07. The van der Waals surface area contributed by atoms with E-state index in [1.165, 1.54) is 0 Å². The largest absolute Gasteiger partial charge is 0.497 e. The zero-order valence-corrected chi connectivity index (χ0v) is 11.5. The predicted octanol–water partition coefficient (Wildman–Crippen LogP) is 2.58. The van der Waals surface area contributed by atoms with Gasteiger partial charge in [0.1, 0.15) is 5.75 Å². The molecule has 0 aliphatic carbocycles. The zero-order valence-electron chi connectivity index (χ0n) is 10.8. The van der Waals surface area contributed by atoms with E-state index in [0.29, 0.717) is 5.02 Å². The van der Waals surface area contributed by atoms with Crippen molar-refractivity contribution in [1.29, 1.82) is 0 Å². The molecular weight excluding hydrogens is 238 g/mol. The third kappa shape index (κ3) is 3.35. The summed E-state index contributed by atoms with van der Waals surface area (Å²) in [6.07, 6.45) is 0. The molecule has 4 heteroatoms. The molecule has 0 radical (unpaired) electrons. The van der Waals surface area contributed by atoms with Gasteiger partial charge in [0.2, 0.25) is 0 Å². The van der Waals surface area contributed by atoms with Gasteiger partial charge >= 0.3 is 0 Å². The number of nitrogens with zero attached hydrogens (tertiary/aromatic N) is 1. The number of ether oxygens (including phenoxy) is 1. The number of aliphatic hydroxyl groups excluding tert-OH is 1. The highest BCUT2D eigenvalue weighted by atomic mass is 35.5. The molecule has 3 nitrogen and oxygen atoms in total. The molecule has 2 unspecified atom stereocenters. The van der Waals surface area contributed by atoms with E-state index in [-0.39, 0.29) is 18.6 Å². The van der Waals surface area contributed by atoms with E-state index in [4.69, 9.17) is 16.3 Å². The van der Waals surface area contributed by atoms with E-state index in [9.17, 15) is 5.11 Å². The van der Waals surface area contributed by atoms with Crippen LogP contribution in [-0.4, -0.2) is 37.8 Å². The van der Waals surface area contributed by atoms with Crippen molar-refractivity contribution < 1.29 is 9.84 Å². The molecule has 96 valence electrons. The van der Waals surface area contributed by atoms with Gasteiger partial charge in [0.25, 0.3) is 0 Å². The number of methoxy groups -OCH3 is 1. The van der Waals surface area contributed by atoms with Gasteiger partial charge in [0, 0.05) is 17.7 Å². The second-order valence-electron chi connectivity index (χ2n) is 4.46. The number of hydrogen-bond donors (Lipinski definition) is 1. The number of benzene rings is 1. The Morgan fingerprint density at radius 1 is 1.41 bits per heavy atom. The smallest absolute Gasteiger partial charge is 0.120 e. The number of aliphatic hydroxyl groups is 1. The molecule has 0 aromatic heterocycles. The normalized spacial score (nSPS) is 14.8. The molecule has 0 saturated heterocycles. The van der Waals surface area contributed by atoms with Gasteiger partial charge in [-0.3, -0.25) is 0 Å². The molecule has 1 aromatic rings. The Kier molecular flexibility index (Phi) is 5.25. The van der Waals surface area contributed by atoms with E-state index in [0.717, 1.165) is 11.3 Å². The van der Waals surface area contributed by atoms with Gasteiger partial charge in [-0.15, -0.1) is 0 Å². The first-order chi connectivity index (χ1) is 8.01. The summed E-state index contributed by atoms with van der Waals surface area (Å²) in [7, 11) is 5.58. The fourth-order valence-corrected chi connectivity index (χ4v) is 2.35. The van der Waals surface area contributed by atoms with Crippen LogP contribution in [0.15, 0.2) is 18.2 Å². The minimum atomic E-state index is 0.0957. The molecule has 0 spiro atoms. The van der Waals surface area contributed by atoms with Crippen LogP contribution in [0.2, 0.25) is 5.02 Å². The van der Waals surface area contributed by atoms with Crippen LogP contribution < -0.4 is 4.74 Å². The molecule has 17 heavy (non-hydrogen) atoms. The van der Waals surface area contributed by atoms with Crippen molar-refractivity contribution in [2.75, 3.05) is 27.8 Å². The second-order valence-corrected chi connectivity index (χ2v) is 4.86. The van der Waals surface area contributed by atoms with Crippen molar-refractivity contribution in [2.45, 2.75) is 13.0 Å². The summed E-state index contributed by atoms with van der Waals surface area (Å²) < 4.78 is 5.13. The standard InChI is InChI=1S/C13H20ClNO2/c1-9(8-16)13(15(2)3)11-6-5-10(17-4)7-12(11)14/h5-7,9,13,16H,8H2,1-4H3. The van der Waals surface area contributed by atoms with Gasteiger partial charge < -0.3 is 14.7 Å². The lowest BCUT2D eigenvalue weighted by atomic mass is 9.94. The van der Waals surface area contributed by atoms with Gasteiger partial charge in [-0.05, 0) is 37.7 Å². The van der Waals surface area contributed by atoms with Gasteiger partial charge in [-0.1, -0.05) is 24.6 Å². The van der Waals surface area contributed by atoms with E-state index in [1.54, 1.807) is 13.2 Å². The maximum Gasteiger partial charge on any atom is 0.120 e. The van der Waals surface area contributed by atoms with Crippen LogP contribution in [0, 0.1) is 5.92 Å².